The van der Waals surface area contributed by atoms with Crippen LogP contribution in [0, 0.1) is 23.7 Å². The topological polar surface area (TPSA) is 149 Å². The summed E-state index contributed by atoms with van der Waals surface area (Å²) in [5.74, 6) is 1.74. The van der Waals surface area contributed by atoms with E-state index in [1.807, 2.05) is 0 Å². The molecular formula is C11H22O8S2. The smallest absolute Gasteiger partial charge is 0.261 e. The largest absolute Gasteiger partial charge is 0.396 e. The summed E-state index contributed by atoms with van der Waals surface area (Å²) in [6.07, 6.45) is 6.96. The molecule has 0 heterocycles. The highest BCUT2D eigenvalue weighted by atomic mass is 32.2. The highest BCUT2D eigenvalue weighted by Gasteiger charge is 2.43. The molecule has 0 radical (unpaired) electrons. The summed E-state index contributed by atoms with van der Waals surface area (Å²) in [5, 5.41) is 18.1. The van der Waals surface area contributed by atoms with Gasteiger partial charge in [-0.2, -0.15) is 16.8 Å². The van der Waals surface area contributed by atoms with Gasteiger partial charge in [-0.05, 0) is 30.1 Å². The minimum atomic E-state index is -3.67. The molecule has 0 aromatic rings. The monoisotopic (exact) mass is 346 g/mol. The van der Waals surface area contributed by atoms with Crippen LogP contribution in [0.3, 0.4) is 0 Å². The number of allylic oxidation sites excluding steroid dienone is 2. The summed E-state index contributed by atoms with van der Waals surface area (Å²) in [6.45, 7) is 0.466. The standard InChI is InChI=1S/C9H14O2.2CH4O3S/c10-4-8-6-1-2-7(3-6)9(8)5-11;2*1-5(2,3)4/h1-2,6-11H,3-5H2;2*1H3,(H,2,3,4). The SMILES string of the molecule is CS(=O)(=O)O.CS(=O)(=O)O.OCC1C2C=CC(C2)C1CO. The van der Waals surface area contributed by atoms with Crippen molar-refractivity contribution in [3.63, 3.8) is 0 Å². The van der Waals surface area contributed by atoms with E-state index in [4.69, 9.17) is 19.3 Å². The highest BCUT2D eigenvalue weighted by Crippen LogP contribution is 2.47. The molecule has 8 nitrogen and oxygen atoms in total. The number of hydrogen-bond donors (Lipinski definition) is 4. The molecule has 126 valence electrons. The fourth-order valence-corrected chi connectivity index (χ4v) is 2.57. The molecule has 1 fully saturated rings. The summed E-state index contributed by atoms with van der Waals surface area (Å²) in [6, 6.07) is 0. The maximum Gasteiger partial charge on any atom is 0.261 e. The fraction of sp³-hybridized carbons (Fsp3) is 0.818. The first-order valence-electron chi connectivity index (χ1n) is 6.11. The molecule has 0 spiro atoms. The van der Waals surface area contributed by atoms with Crippen molar-refractivity contribution in [3.05, 3.63) is 12.2 Å². The number of rotatable bonds is 2. The van der Waals surface area contributed by atoms with Crippen LogP contribution < -0.4 is 0 Å². The summed E-state index contributed by atoms with van der Waals surface area (Å²) >= 11 is 0. The summed E-state index contributed by atoms with van der Waals surface area (Å²) in [5.41, 5.74) is 0. The van der Waals surface area contributed by atoms with Crippen molar-refractivity contribution < 1.29 is 36.2 Å². The van der Waals surface area contributed by atoms with Gasteiger partial charge >= 0.3 is 0 Å². The maximum absolute atomic E-state index is 9.19. The van der Waals surface area contributed by atoms with E-state index in [9.17, 15) is 16.8 Å². The first-order valence-corrected chi connectivity index (χ1v) is 9.81. The molecule has 0 aliphatic heterocycles. The van der Waals surface area contributed by atoms with Gasteiger partial charge < -0.3 is 10.2 Å². The molecule has 4 unspecified atom stereocenters. The number of aliphatic hydroxyl groups is 2. The molecule has 0 aromatic carbocycles. The molecular weight excluding hydrogens is 324 g/mol. The summed E-state index contributed by atoms with van der Waals surface area (Å²) < 4.78 is 51.7. The summed E-state index contributed by atoms with van der Waals surface area (Å²) in [4.78, 5) is 0. The van der Waals surface area contributed by atoms with E-state index in [0.29, 0.717) is 36.2 Å². The Morgan fingerprint density at radius 1 is 0.857 bits per heavy atom. The van der Waals surface area contributed by atoms with Gasteiger partial charge in [0.2, 0.25) is 0 Å². The lowest BCUT2D eigenvalue weighted by molar-refractivity contribution is 0.112. The zero-order valence-corrected chi connectivity index (χ0v) is 13.5. The molecule has 2 bridgehead atoms. The second-order valence-electron chi connectivity index (χ2n) is 5.11. The predicted octanol–water partition coefficient (Wildman–Crippen LogP) is -0.583. The van der Waals surface area contributed by atoms with Crippen molar-refractivity contribution >= 4 is 20.2 Å². The molecule has 0 aromatic heterocycles. The first-order chi connectivity index (χ1) is 9.36. The van der Waals surface area contributed by atoms with Crippen molar-refractivity contribution in [1.82, 2.24) is 0 Å². The number of fused-ring (bicyclic) bond motifs is 2. The minimum absolute atomic E-state index is 0.233. The molecule has 4 atom stereocenters. The van der Waals surface area contributed by atoms with E-state index in [2.05, 4.69) is 12.2 Å². The highest BCUT2D eigenvalue weighted by molar-refractivity contribution is 7.85. The van der Waals surface area contributed by atoms with Crippen LogP contribution in [0.15, 0.2) is 12.2 Å². The van der Waals surface area contributed by atoms with Gasteiger partial charge in [0.1, 0.15) is 0 Å². The molecule has 10 heteroatoms. The van der Waals surface area contributed by atoms with E-state index < -0.39 is 20.2 Å². The third-order valence-corrected chi connectivity index (χ3v) is 3.22. The van der Waals surface area contributed by atoms with Gasteiger partial charge in [0.15, 0.2) is 0 Å². The zero-order valence-electron chi connectivity index (χ0n) is 11.8. The second kappa shape index (κ2) is 8.20. The lowest BCUT2D eigenvalue weighted by atomic mass is 9.84. The Labute approximate surface area is 125 Å². The fourth-order valence-electron chi connectivity index (χ4n) is 2.57. The van der Waals surface area contributed by atoms with Crippen LogP contribution >= 0.6 is 0 Å². The van der Waals surface area contributed by atoms with Crippen LogP contribution in [0.4, 0.5) is 0 Å². The molecule has 4 N–H and O–H groups in total. The van der Waals surface area contributed by atoms with Gasteiger partial charge in [0, 0.05) is 13.2 Å². The van der Waals surface area contributed by atoms with Gasteiger partial charge in [-0.1, -0.05) is 12.2 Å². The van der Waals surface area contributed by atoms with Crippen LogP contribution in [0.5, 0.6) is 0 Å². The van der Waals surface area contributed by atoms with E-state index in [1.54, 1.807) is 0 Å². The molecule has 2 rings (SSSR count). The van der Waals surface area contributed by atoms with E-state index in [1.165, 1.54) is 0 Å². The Hall–Kier alpha value is -0.520. The van der Waals surface area contributed by atoms with Crippen LogP contribution in [-0.2, 0) is 20.2 Å². The average Bonchev–Trinajstić information content (AvgIpc) is 2.82. The Kier molecular flexibility index (Phi) is 8.00. The van der Waals surface area contributed by atoms with Crippen molar-refractivity contribution in [1.29, 1.82) is 0 Å². The molecule has 0 saturated heterocycles. The number of hydrogen-bond acceptors (Lipinski definition) is 6. The van der Waals surface area contributed by atoms with Crippen molar-refractivity contribution in [2.75, 3.05) is 25.7 Å². The van der Waals surface area contributed by atoms with E-state index >= 15 is 0 Å². The van der Waals surface area contributed by atoms with Gasteiger partial charge in [-0.25, -0.2) is 0 Å². The van der Waals surface area contributed by atoms with E-state index in [0.717, 1.165) is 6.42 Å². The van der Waals surface area contributed by atoms with Crippen LogP contribution in [0.1, 0.15) is 6.42 Å². The Morgan fingerprint density at radius 2 is 1.10 bits per heavy atom. The summed E-state index contributed by atoms with van der Waals surface area (Å²) in [7, 11) is -7.33. The normalized spacial score (nSPS) is 30.2. The molecule has 2 aliphatic rings. The van der Waals surface area contributed by atoms with Gasteiger partial charge in [0.05, 0.1) is 12.5 Å². The van der Waals surface area contributed by atoms with Gasteiger partial charge in [0.25, 0.3) is 20.2 Å². The predicted molar refractivity (Wildman–Crippen MR) is 76.8 cm³/mol. The van der Waals surface area contributed by atoms with Crippen LogP contribution in [-0.4, -0.2) is 61.9 Å². The van der Waals surface area contributed by atoms with Crippen molar-refractivity contribution in [3.8, 4) is 0 Å². The Bertz CT molecular complexity index is 473. The molecule has 21 heavy (non-hydrogen) atoms. The van der Waals surface area contributed by atoms with Crippen LogP contribution in [0.2, 0.25) is 0 Å². The third kappa shape index (κ3) is 9.93. The zero-order chi connectivity index (χ0) is 16.8. The maximum atomic E-state index is 9.19. The van der Waals surface area contributed by atoms with Gasteiger partial charge in [-0.15, -0.1) is 0 Å². The third-order valence-electron chi connectivity index (χ3n) is 3.22. The Balaban J connectivity index is 0.000000340. The second-order valence-corrected chi connectivity index (χ2v) is 8.04. The average molecular weight is 346 g/mol. The minimum Gasteiger partial charge on any atom is -0.396 e. The van der Waals surface area contributed by atoms with Crippen molar-refractivity contribution in [2.45, 2.75) is 6.42 Å². The molecule has 0 amide bonds. The lowest BCUT2D eigenvalue weighted by Gasteiger charge is -2.23. The Morgan fingerprint density at radius 3 is 1.29 bits per heavy atom. The van der Waals surface area contributed by atoms with Gasteiger partial charge in [-0.3, -0.25) is 9.11 Å². The lowest BCUT2D eigenvalue weighted by Crippen LogP contribution is -2.25. The van der Waals surface area contributed by atoms with Crippen LogP contribution in [0.25, 0.3) is 0 Å². The quantitative estimate of drug-likeness (QED) is 0.383. The molecule has 1 saturated carbocycles. The molecule has 2 aliphatic carbocycles. The van der Waals surface area contributed by atoms with Crippen molar-refractivity contribution in [2.24, 2.45) is 23.7 Å². The first kappa shape index (κ1) is 20.5. The van der Waals surface area contributed by atoms with E-state index in [-0.39, 0.29) is 13.2 Å². The number of aliphatic hydroxyl groups excluding tert-OH is 2.